The molecule has 0 spiro atoms. The van der Waals surface area contributed by atoms with E-state index >= 15 is 0 Å². The minimum atomic E-state index is 0.631. The summed E-state index contributed by atoms with van der Waals surface area (Å²) in [5.74, 6) is 1.90. The molecule has 54 heavy (non-hydrogen) atoms. The summed E-state index contributed by atoms with van der Waals surface area (Å²) in [4.78, 5) is 15.1. The van der Waals surface area contributed by atoms with Crippen molar-refractivity contribution in [1.82, 2.24) is 15.0 Å². The maximum Gasteiger partial charge on any atom is 0.164 e. The minimum absolute atomic E-state index is 0.631. The first-order chi connectivity index (χ1) is 26.7. The maximum absolute atomic E-state index is 5.06. The Balaban J connectivity index is 1.06. The quantitative estimate of drug-likeness (QED) is 0.159. The van der Waals surface area contributed by atoms with Crippen LogP contribution >= 0.6 is 0 Å². The van der Waals surface area contributed by atoms with Gasteiger partial charge < -0.3 is 0 Å². The van der Waals surface area contributed by atoms with E-state index in [-0.39, 0.29) is 0 Å². The lowest BCUT2D eigenvalue weighted by Gasteiger charge is -2.12. The summed E-state index contributed by atoms with van der Waals surface area (Å²) < 4.78 is 0. The van der Waals surface area contributed by atoms with Crippen molar-refractivity contribution in [2.24, 2.45) is 0 Å². The van der Waals surface area contributed by atoms with E-state index < -0.39 is 0 Å². The first-order valence-electron chi connectivity index (χ1n) is 18.2. The Morgan fingerprint density at radius 1 is 0.185 bits per heavy atom. The maximum atomic E-state index is 5.06. The van der Waals surface area contributed by atoms with E-state index in [0.29, 0.717) is 17.5 Å². The van der Waals surface area contributed by atoms with Gasteiger partial charge in [-0.3, -0.25) is 0 Å². The molecule has 0 aliphatic heterocycles. The molecular weight excluding hydrogens is 655 g/mol. The summed E-state index contributed by atoms with van der Waals surface area (Å²) in [5.41, 5.74) is 14.5. The van der Waals surface area contributed by atoms with Crippen LogP contribution in [-0.2, 0) is 0 Å². The van der Waals surface area contributed by atoms with Gasteiger partial charge in [0.1, 0.15) is 0 Å². The van der Waals surface area contributed by atoms with Crippen LogP contribution in [0.5, 0.6) is 0 Å². The molecule has 254 valence electrons. The first kappa shape index (κ1) is 32.7. The molecule has 0 unspecified atom stereocenters. The van der Waals surface area contributed by atoms with Crippen molar-refractivity contribution in [3.05, 3.63) is 212 Å². The topological polar surface area (TPSA) is 38.7 Å². The number of benzene rings is 8. The highest BCUT2D eigenvalue weighted by molar-refractivity contribution is 5.84. The van der Waals surface area contributed by atoms with Gasteiger partial charge in [-0.15, -0.1) is 0 Å². The molecule has 0 radical (unpaired) electrons. The molecule has 9 rings (SSSR count). The van der Waals surface area contributed by atoms with E-state index in [1.54, 1.807) is 0 Å². The van der Waals surface area contributed by atoms with Crippen molar-refractivity contribution >= 4 is 0 Å². The van der Waals surface area contributed by atoms with Gasteiger partial charge in [-0.2, -0.15) is 0 Å². The fraction of sp³-hybridized carbons (Fsp3) is 0. The van der Waals surface area contributed by atoms with Crippen molar-refractivity contribution in [3.63, 3.8) is 0 Å². The third-order valence-corrected chi connectivity index (χ3v) is 9.80. The second-order valence-electron chi connectivity index (χ2n) is 13.3. The summed E-state index contributed by atoms with van der Waals surface area (Å²) in [6.07, 6.45) is 0. The molecule has 0 saturated heterocycles. The van der Waals surface area contributed by atoms with Crippen LogP contribution < -0.4 is 0 Å². The molecule has 0 fully saturated rings. The van der Waals surface area contributed by atoms with Gasteiger partial charge in [0.25, 0.3) is 0 Å². The third-order valence-electron chi connectivity index (χ3n) is 9.80. The van der Waals surface area contributed by atoms with E-state index in [1.807, 2.05) is 12.1 Å². The zero-order valence-corrected chi connectivity index (χ0v) is 29.5. The highest BCUT2D eigenvalue weighted by Gasteiger charge is 2.14. The molecule has 0 bridgehead atoms. The molecule has 1 aromatic heterocycles. The zero-order valence-electron chi connectivity index (χ0n) is 29.5. The Bertz CT molecular complexity index is 2650. The number of hydrogen-bond donors (Lipinski definition) is 0. The SMILES string of the molecule is c1ccc(-c2ccc(-c3nc(-c4ccc(-c5ccc(-c6ccccc6-c6ccccc6)cc5)cc4)nc(-c4cccc(-c5ccccc5)c4)n3)cc2)cc1. The standard InChI is InChI=1S/C51H35N3/c1-4-13-36(14-5-1)38-25-31-43(32-26-38)49-52-50(54-51(53-49)46-20-12-19-45(35-46)37-15-6-2-7-16-37)44-33-27-40(28-34-44)39-23-29-42(30-24-39)48-22-11-10-21-47(48)41-17-8-3-9-18-41/h1-35H. The van der Waals surface area contributed by atoms with Crippen LogP contribution in [0.4, 0.5) is 0 Å². The van der Waals surface area contributed by atoms with E-state index in [1.165, 1.54) is 27.8 Å². The number of hydrogen-bond acceptors (Lipinski definition) is 3. The van der Waals surface area contributed by atoms with E-state index in [4.69, 9.17) is 15.0 Å². The van der Waals surface area contributed by atoms with Crippen LogP contribution in [-0.4, -0.2) is 15.0 Å². The summed E-state index contributed by atoms with van der Waals surface area (Å²) in [5, 5.41) is 0. The minimum Gasteiger partial charge on any atom is -0.208 e. The zero-order chi connectivity index (χ0) is 36.1. The summed E-state index contributed by atoms with van der Waals surface area (Å²) in [7, 11) is 0. The monoisotopic (exact) mass is 689 g/mol. The van der Waals surface area contributed by atoms with Gasteiger partial charge in [-0.25, -0.2) is 15.0 Å². The van der Waals surface area contributed by atoms with Gasteiger partial charge in [-0.1, -0.05) is 206 Å². The van der Waals surface area contributed by atoms with Gasteiger partial charge in [0, 0.05) is 16.7 Å². The van der Waals surface area contributed by atoms with Crippen LogP contribution in [0.25, 0.3) is 89.8 Å². The van der Waals surface area contributed by atoms with Crippen molar-refractivity contribution in [3.8, 4) is 89.8 Å². The highest BCUT2D eigenvalue weighted by atomic mass is 15.0. The van der Waals surface area contributed by atoms with Gasteiger partial charge >= 0.3 is 0 Å². The molecular formula is C51H35N3. The molecule has 8 aromatic carbocycles. The largest absolute Gasteiger partial charge is 0.208 e. The highest BCUT2D eigenvalue weighted by Crippen LogP contribution is 2.34. The number of nitrogens with zero attached hydrogens (tertiary/aromatic N) is 3. The van der Waals surface area contributed by atoms with Crippen LogP contribution in [0.15, 0.2) is 212 Å². The Kier molecular flexibility index (Phi) is 8.94. The summed E-state index contributed by atoms with van der Waals surface area (Å²) in [6, 6.07) is 74.1. The Morgan fingerprint density at radius 2 is 0.463 bits per heavy atom. The molecule has 3 nitrogen and oxygen atoms in total. The van der Waals surface area contributed by atoms with E-state index in [9.17, 15) is 0 Å². The fourth-order valence-electron chi connectivity index (χ4n) is 6.93. The molecule has 0 saturated carbocycles. The van der Waals surface area contributed by atoms with Crippen molar-refractivity contribution in [2.45, 2.75) is 0 Å². The predicted octanol–water partition coefficient (Wildman–Crippen LogP) is 13.2. The molecule has 0 aliphatic carbocycles. The normalized spacial score (nSPS) is 11.0. The summed E-state index contributed by atoms with van der Waals surface area (Å²) in [6.45, 7) is 0. The second kappa shape index (κ2) is 14.8. The van der Waals surface area contributed by atoms with Crippen molar-refractivity contribution < 1.29 is 0 Å². The van der Waals surface area contributed by atoms with Crippen molar-refractivity contribution in [1.29, 1.82) is 0 Å². The molecule has 0 aliphatic rings. The van der Waals surface area contributed by atoms with Crippen LogP contribution in [0.2, 0.25) is 0 Å². The number of aromatic nitrogens is 3. The third kappa shape index (κ3) is 6.87. The summed E-state index contributed by atoms with van der Waals surface area (Å²) >= 11 is 0. The van der Waals surface area contributed by atoms with Crippen molar-refractivity contribution in [2.75, 3.05) is 0 Å². The van der Waals surface area contributed by atoms with Crippen LogP contribution in [0.3, 0.4) is 0 Å². The lowest BCUT2D eigenvalue weighted by molar-refractivity contribution is 1.07. The average Bonchev–Trinajstić information content (AvgIpc) is 3.27. The van der Waals surface area contributed by atoms with Gasteiger partial charge in [0.05, 0.1) is 0 Å². The van der Waals surface area contributed by atoms with Gasteiger partial charge in [-0.05, 0) is 61.7 Å². The van der Waals surface area contributed by atoms with Gasteiger partial charge in [0.15, 0.2) is 17.5 Å². The smallest absolute Gasteiger partial charge is 0.164 e. The molecule has 3 heteroatoms. The fourth-order valence-corrected chi connectivity index (χ4v) is 6.93. The van der Waals surface area contributed by atoms with Crippen LogP contribution in [0.1, 0.15) is 0 Å². The van der Waals surface area contributed by atoms with Crippen LogP contribution in [0, 0.1) is 0 Å². The molecule has 1 heterocycles. The average molecular weight is 690 g/mol. The molecule has 9 aromatic rings. The lowest BCUT2D eigenvalue weighted by atomic mass is 9.93. The molecule has 0 atom stereocenters. The lowest BCUT2D eigenvalue weighted by Crippen LogP contribution is -2.00. The van der Waals surface area contributed by atoms with E-state index in [2.05, 4.69) is 200 Å². The first-order valence-corrected chi connectivity index (χ1v) is 18.2. The second-order valence-corrected chi connectivity index (χ2v) is 13.3. The number of rotatable bonds is 8. The Labute approximate surface area is 316 Å². The molecule has 0 amide bonds. The Morgan fingerprint density at radius 3 is 0.926 bits per heavy atom. The predicted molar refractivity (Wildman–Crippen MR) is 223 cm³/mol. The molecule has 0 N–H and O–H groups in total. The van der Waals surface area contributed by atoms with E-state index in [0.717, 1.165) is 44.5 Å². The van der Waals surface area contributed by atoms with Gasteiger partial charge in [0.2, 0.25) is 0 Å². The Hall–Kier alpha value is -7.23.